The number of nitrogens with zero attached hydrogens (tertiary/aromatic N) is 2. The summed E-state index contributed by atoms with van der Waals surface area (Å²) in [6.45, 7) is 5.75. The van der Waals surface area contributed by atoms with Crippen LogP contribution in [0.1, 0.15) is 20.8 Å². The van der Waals surface area contributed by atoms with Crippen molar-refractivity contribution in [2.45, 2.75) is 20.8 Å². The number of hydrogen-bond donors (Lipinski definition) is 1. The lowest BCUT2D eigenvalue weighted by atomic mass is 10.2. The predicted octanol–water partition coefficient (Wildman–Crippen LogP) is 1.78. The molecule has 0 bridgehead atoms. The molecule has 0 aliphatic carbocycles. The Hall–Kier alpha value is -1.36. The first-order valence-corrected chi connectivity index (χ1v) is 4.10. The molecule has 0 radical (unpaired) electrons. The van der Waals surface area contributed by atoms with Gasteiger partial charge in [0.05, 0.1) is 11.5 Å². The van der Waals surface area contributed by atoms with Crippen molar-refractivity contribution in [1.82, 2.24) is 5.06 Å². The van der Waals surface area contributed by atoms with Gasteiger partial charge in [0, 0.05) is 17.8 Å². The Bertz CT molecular complexity index is 246. The highest BCUT2D eigenvalue weighted by Gasteiger charge is 2.17. The maximum Gasteiger partial charge on any atom is 0.271 e. The van der Waals surface area contributed by atoms with E-state index in [0.717, 1.165) is 5.06 Å². The Kier molecular flexibility index (Phi) is 4.76. The maximum absolute atomic E-state index is 10.3. The van der Waals surface area contributed by atoms with Gasteiger partial charge < -0.3 is 0 Å². The highest BCUT2D eigenvalue weighted by atomic mass is 16.6. The van der Waals surface area contributed by atoms with Crippen LogP contribution in [0.5, 0.6) is 0 Å². The lowest BCUT2D eigenvalue weighted by molar-refractivity contribution is -0.421. The zero-order chi connectivity index (χ0) is 10.4. The van der Waals surface area contributed by atoms with Crippen molar-refractivity contribution in [3.8, 4) is 0 Å². The fourth-order valence-electron chi connectivity index (χ4n) is 0.902. The van der Waals surface area contributed by atoms with E-state index in [1.807, 2.05) is 13.8 Å². The quantitative estimate of drug-likeness (QED) is 0.500. The van der Waals surface area contributed by atoms with Gasteiger partial charge >= 0.3 is 0 Å². The Balaban J connectivity index is 0.000000671. The van der Waals surface area contributed by atoms with Crippen LogP contribution in [0.2, 0.25) is 0 Å². The fourth-order valence-corrected chi connectivity index (χ4v) is 0.902. The van der Waals surface area contributed by atoms with Crippen molar-refractivity contribution in [2.75, 3.05) is 6.54 Å². The second-order valence-corrected chi connectivity index (χ2v) is 2.28. The molecule has 0 spiro atoms. The van der Waals surface area contributed by atoms with E-state index in [0.29, 0.717) is 5.57 Å². The van der Waals surface area contributed by atoms with Gasteiger partial charge in [-0.3, -0.25) is 20.4 Å². The van der Waals surface area contributed by atoms with Crippen LogP contribution in [0.4, 0.5) is 0 Å². The zero-order valence-electron chi connectivity index (χ0n) is 8.02. The molecule has 1 N–H and O–H groups in total. The Morgan fingerprint density at radius 1 is 1.62 bits per heavy atom. The second kappa shape index (κ2) is 5.31. The fraction of sp³-hybridized carbons (Fsp3) is 0.500. The Labute approximate surface area is 77.1 Å². The molecule has 74 valence electrons. The minimum atomic E-state index is -0.459. The molecule has 0 fully saturated rings. The molecular formula is C8H14N2O3. The Morgan fingerprint density at radius 2 is 2.15 bits per heavy atom. The van der Waals surface area contributed by atoms with Gasteiger partial charge in [-0.15, -0.1) is 0 Å². The zero-order valence-corrected chi connectivity index (χ0v) is 8.02. The molecule has 0 atom stereocenters. The monoisotopic (exact) mass is 186 g/mol. The summed E-state index contributed by atoms with van der Waals surface area (Å²) in [6.07, 6.45) is 2.70. The molecule has 1 aliphatic rings. The van der Waals surface area contributed by atoms with Crippen molar-refractivity contribution < 1.29 is 10.1 Å². The van der Waals surface area contributed by atoms with E-state index in [1.54, 1.807) is 6.92 Å². The van der Waals surface area contributed by atoms with Gasteiger partial charge in [-0.1, -0.05) is 13.8 Å². The smallest absolute Gasteiger partial charge is 0.271 e. The van der Waals surface area contributed by atoms with E-state index in [4.69, 9.17) is 5.21 Å². The van der Waals surface area contributed by atoms with Crippen LogP contribution in [0.15, 0.2) is 23.5 Å². The summed E-state index contributed by atoms with van der Waals surface area (Å²) < 4.78 is 0. The Morgan fingerprint density at radius 3 is 2.54 bits per heavy atom. The maximum atomic E-state index is 10.3. The molecule has 13 heavy (non-hydrogen) atoms. The molecule has 0 aromatic heterocycles. The van der Waals surface area contributed by atoms with Crippen molar-refractivity contribution in [2.24, 2.45) is 0 Å². The normalized spacial score (nSPS) is 15.2. The lowest BCUT2D eigenvalue weighted by Gasteiger charge is -2.14. The van der Waals surface area contributed by atoms with Crippen molar-refractivity contribution in [3.05, 3.63) is 33.7 Å². The van der Waals surface area contributed by atoms with Crippen molar-refractivity contribution >= 4 is 0 Å². The minimum absolute atomic E-state index is 0.0651. The summed E-state index contributed by atoms with van der Waals surface area (Å²) in [5.41, 5.74) is 0.527. The summed E-state index contributed by atoms with van der Waals surface area (Å²) in [5, 5.41) is 20.0. The van der Waals surface area contributed by atoms with Gasteiger partial charge in [-0.25, -0.2) is 0 Å². The number of hydroxylamine groups is 2. The van der Waals surface area contributed by atoms with E-state index in [-0.39, 0.29) is 12.2 Å². The molecule has 1 aliphatic heterocycles. The first-order chi connectivity index (χ1) is 6.11. The third kappa shape index (κ3) is 3.25. The highest BCUT2D eigenvalue weighted by molar-refractivity contribution is 5.25. The average Bonchev–Trinajstić information content (AvgIpc) is 2.07. The van der Waals surface area contributed by atoms with Crippen LogP contribution >= 0.6 is 0 Å². The average molecular weight is 186 g/mol. The molecule has 0 saturated heterocycles. The molecule has 1 heterocycles. The summed E-state index contributed by atoms with van der Waals surface area (Å²) in [6, 6.07) is 0. The third-order valence-corrected chi connectivity index (χ3v) is 1.42. The lowest BCUT2D eigenvalue weighted by Crippen LogP contribution is -2.19. The van der Waals surface area contributed by atoms with E-state index in [1.165, 1.54) is 12.3 Å². The SMILES string of the molecule is CC.CC1=CN(O)CC=C1[N+](=O)[O-]. The first-order valence-electron chi connectivity index (χ1n) is 4.10. The molecule has 0 unspecified atom stereocenters. The molecular weight excluding hydrogens is 172 g/mol. The molecule has 5 heteroatoms. The topological polar surface area (TPSA) is 66.6 Å². The van der Waals surface area contributed by atoms with Crippen LogP contribution in [0, 0.1) is 10.1 Å². The number of allylic oxidation sites excluding steroid dienone is 1. The number of nitro groups is 1. The van der Waals surface area contributed by atoms with E-state index >= 15 is 0 Å². The molecule has 5 nitrogen and oxygen atoms in total. The molecule has 0 saturated carbocycles. The van der Waals surface area contributed by atoms with Gasteiger partial charge in [-0.2, -0.15) is 0 Å². The van der Waals surface area contributed by atoms with Crippen molar-refractivity contribution in [3.63, 3.8) is 0 Å². The standard InChI is InChI=1S/C6H8N2O3.C2H6/c1-5-4-7(9)3-2-6(5)8(10)11;1-2/h2,4,9H,3H2,1H3;1-2H3. The largest absolute Gasteiger partial charge is 0.289 e. The summed E-state index contributed by atoms with van der Waals surface area (Å²) in [4.78, 5) is 9.81. The van der Waals surface area contributed by atoms with Gasteiger partial charge in [0.1, 0.15) is 0 Å². The summed E-state index contributed by atoms with van der Waals surface area (Å²) >= 11 is 0. The molecule has 1 rings (SSSR count). The minimum Gasteiger partial charge on any atom is -0.289 e. The van der Waals surface area contributed by atoms with Gasteiger partial charge in [0.2, 0.25) is 0 Å². The van der Waals surface area contributed by atoms with E-state index in [2.05, 4.69) is 0 Å². The van der Waals surface area contributed by atoms with E-state index < -0.39 is 4.92 Å². The van der Waals surface area contributed by atoms with Gasteiger partial charge in [0.25, 0.3) is 5.70 Å². The third-order valence-electron chi connectivity index (χ3n) is 1.42. The van der Waals surface area contributed by atoms with Crippen LogP contribution in [-0.2, 0) is 0 Å². The highest BCUT2D eigenvalue weighted by Crippen LogP contribution is 2.14. The van der Waals surface area contributed by atoms with Gasteiger partial charge in [0.15, 0.2) is 0 Å². The number of hydrogen-bond acceptors (Lipinski definition) is 4. The van der Waals surface area contributed by atoms with Crippen LogP contribution < -0.4 is 0 Å². The van der Waals surface area contributed by atoms with Crippen LogP contribution in [0.3, 0.4) is 0 Å². The van der Waals surface area contributed by atoms with Gasteiger partial charge in [-0.05, 0) is 6.92 Å². The number of rotatable bonds is 1. The molecule has 0 aromatic rings. The second-order valence-electron chi connectivity index (χ2n) is 2.28. The van der Waals surface area contributed by atoms with Crippen molar-refractivity contribution in [1.29, 1.82) is 0 Å². The molecule has 0 amide bonds. The molecule has 0 aromatic carbocycles. The summed E-state index contributed by atoms with van der Waals surface area (Å²) in [5.74, 6) is 0. The first kappa shape index (κ1) is 11.6. The van der Waals surface area contributed by atoms with Crippen LogP contribution in [-0.4, -0.2) is 21.7 Å². The van der Waals surface area contributed by atoms with E-state index in [9.17, 15) is 10.1 Å². The van der Waals surface area contributed by atoms with Crippen LogP contribution in [0.25, 0.3) is 0 Å². The predicted molar refractivity (Wildman–Crippen MR) is 48.7 cm³/mol. The summed E-state index contributed by atoms with van der Waals surface area (Å²) in [7, 11) is 0.